The Kier molecular flexibility index (Phi) is 5.48. The molecule has 0 amide bonds. The average Bonchev–Trinajstić information content (AvgIpc) is 2.94. The molecule has 0 saturated carbocycles. The van der Waals surface area contributed by atoms with Gasteiger partial charge < -0.3 is 18.4 Å². The van der Waals surface area contributed by atoms with Gasteiger partial charge in [-0.2, -0.15) is 0 Å². The number of fused-ring (bicyclic) bond motifs is 3. The van der Waals surface area contributed by atoms with Gasteiger partial charge in [0.05, 0.1) is 32.0 Å². The quantitative estimate of drug-likeness (QED) is 0.526. The zero-order valence-corrected chi connectivity index (χ0v) is 15.8. The van der Waals surface area contributed by atoms with Crippen LogP contribution in [0.2, 0.25) is 0 Å². The van der Waals surface area contributed by atoms with Crippen molar-refractivity contribution in [2.75, 3.05) is 26.5 Å². The average molecular weight is 361 g/mol. The van der Waals surface area contributed by atoms with Crippen LogP contribution in [-0.2, 0) is 20.2 Å². The molecule has 134 valence electrons. The Morgan fingerprint density at radius 2 is 1.64 bits per heavy atom. The van der Waals surface area contributed by atoms with E-state index in [-0.39, 0.29) is 0 Å². The van der Waals surface area contributed by atoms with Gasteiger partial charge in [-0.25, -0.2) is 0 Å². The molecule has 0 aliphatic carbocycles. The van der Waals surface area contributed by atoms with Crippen molar-refractivity contribution in [1.82, 2.24) is 4.57 Å². The number of ether oxygens (including phenoxy) is 1. The maximum absolute atomic E-state index is 12.8. The van der Waals surface area contributed by atoms with Gasteiger partial charge in [-0.1, -0.05) is 24.3 Å². The van der Waals surface area contributed by atoms with Gasteiger partial charge in [0.2, 0.25) is 0 Å². The molecule has 0 N–H and O–H groups in total. The van der Waals surface area contributed by atoms with Gasteiger partial charge in [0, 0.05) is 22.8 Å². The summed E-state index contributed by atoms with van der Waals surface area (Å²) >= 11 is 0. The fraction of sp³-hybridized carbons (Fsp3) is 0.368. The van der Waals surface area contributed by atoms with Crippen LogP contribution in [0.4, 0.5) is 0 Å². The molecule has 0 unspecified atom stereocenters. The van der Waals surface area contributed by atoms with Gasteiger partial charge in [0.1, 0.15) is 5.75 Å². The van der Waals surface area contributed by atoms with E-state index in [1.54, 1.807) is 7.11 Å². The number of aromatic nitrogens is 1. The first-order valence-electron chi connectivity index (χ1n) is 8.55. The van der Waals surface area contributed by atoms with E-state index in [0.717, 1.165) is 27.6 Å². The highest BCUT2D eigenvalue weighted by Crippen LogP contribution is 2.48. The Bertz CT molecular complexity index is 908. The lowest BCUT2D eigenvalue weighted by Crippen LogP contribution is -2.07. The zero-order chi connectivity index (χ0) is 17.9. The molecule has 1 heterocycles. The minimum absolute atomic E-state index is 0.333. The highest BCUT2D eigenvalue weighted by molar-refractivity contribution is 7.53. The Labute approximate surface area is 148 Å². The summed E-state index contributed by atoms with van der Waals surface area (Å²) in [5, 5.41) is 2.20. The first-order chi connectivity index (χ1) is 12.1. The molecule has 0 radical (unpaired) electrons. The van der Waals surface area contributed by atoms with E-state index in [9.17, 15) is 4.57 Å². The highest BCUT2D eigenvalue weighted by atomic mass is 31.2. The number of methoxy groups -OCH3 is 1. The molecule has 0 bridgehead atoms. The summed E-state index contributed by atoms with van der Waals surface area (Å²) in [6.07, 6.45) is 0.333. The normalized spacial score (nSPS) is 12.1. The third-order valence-corrected chi connectivity index (χ3v) is 6.28. The maximum Gasteiger partial charge on any atom is 0.332 e. The van der Waals surface area contributed by atoms with Crippen LogP contribution in [0.25, 0.3) is 21.8 Å². The minimum Gasteiger partial charge on any atom is -0.496 e. The fourth-order valence-corrected chi connectivity index (χ4v) is 4.82. The van der Waals surface area contributed by atoms with Gasteiger partial charge in [-0.3, -0.25) is 4.57 Å². The van der Waals surface area contributed by atoms with Crippen LogP contribution in [-0.4, -0.2) is 31.1 Å². The standard InChI is InChI=1S/C19H24NO4P/c1-4-23-25(21,24-5-2)14-13-20-16-10-7-6-9-15(16)19-17(20)11-8-12-18(19)22-3/h6-12H,4-5,13-14H2,1-3H3. The molecule has 0 atom stereocenters. The van der Waals surface area contributed by atoms with Crippen molar-refractivity contribution in [3.05, 3.63) is 42.5 Å². The monoisotopic (exact) mass is 361 g/mol. The topological polar surface area (TPSA) is 49.7 Å². The van der Waals surface area contributed by atoms with Crippen molar-refractivity contribution >= 4 is 29.4 Å². The van der Waals surface area contributed by atoms with Gasteiger partial charge in [0.25, 0.3) is 0 Å². The number of hydrogen-bond donors (Lipinski definition) is 0. The molecule has 25 heavy (non-hydrogen) atoms. The Balaban J connectivity index is 2.07. The summed E-state index contributed by atoms with van der Waals surface area (Å²) in [4.78, 5) is 0. The van der Waals surface area contributed by atoms with Crippen LogP contribution >= 0.6 is 7.60 Å². The summed E-state index contributed by atoms with van der Waals surface area (Å²) in [7, 11) is -1.41. The van der Waals surface area contributed by atoms with Crippen molar-refractivity contribution in [3.63, 3.8) is 0 Å². The first kappa shape index (κ1) is 18.0. The molecular weight excluding hydrogens is 337 g/mol. The largest absolute Gasteiger partial charge is 0.496 e. The lowest BCUT2D eigenvalue weighted by Gasteiger charge is -2.18. The lowest BCUT2D eigenvalue weighted by molar-refractivity contribution is 0.219. The first-order valence-corrected chi connectivity index (χ1v) is 10.3. The van der Waals surface area contributed by atoms with Crippen molar-refractivity contribution in [2.45, 2.75) is 20.4 Å². The van der Waals surface area contributed by atoms with Crippen molar-refractivity contribution in [3.8, 4) is 5.75 Å². The lowest BCUT2D eigenvalue weighted by atomic mass is 10.1. The number of nitrogens with zero attached hydrogens (tertiary/aromatic N) is 1. The number of rotatable bonds is 8. The van der Waals surface area contributed by atoms with E-state index in [1.165, 1.54) is 0 Å². The number of benzene rings is 2. The zero-order valence-electron chi connectivity index (χ0n) is 14.9. The minimum atomic E-state index is -3.09. The van der Waals surface area contributed by atoms with E-state index >= 15 is 0 Å². The van der Waals surface area contributed by atoms with Crippen LogP contribution in [0.5, 0.6) is 5.75 Å². The molecule has 0 spiro atoms. The van der Waals surface area contributed by atoms with Crippen LogP contribution in [0.1, 0.15) is 13.8 Å². The number of para-hydroxylation sites is 1. The maximum atomic E-state index is 12.8. The van der Waals surface area contributed by atoms with E-state index in [2.05, 4.69) is 22.8 Å². The Hall–Kier alpha value is -1.81. The van der Waals surface area contributed by atoms with Gasteiger partial charge in [-0.15, -0.1) is 0 Å². The Morgan fingerprint density at radius 1 is 0.960 bits per heavy atom. The second kappa shape index (κ2) is 7.61. The molecule has 2 aromatic carbocycles. The van der Waals surface area contributed by atoms with Gasteiger partial charge in [0.15, 0.2) is 0 Å². The molecule has 0 fully saturated rings. The van der Waals surface area contributed by atoms with E-state index in [1.807, 2.05) is 38.1 Å². The van der Waals surface area contributed by atoms with Crippen LogP contribution in [0.3, 0.4) is 0 Å². The molecule has 3 rings (SSSR count). The Morgan fingerprint density at radius 3 is 2.32 bits per heavy atom. The smallest absolute Gasteiger partial charge is 0.332 e. The molecule has 6 heteroatoms. The SMILES string of the molecule is CCOP(=O)(CCn1c2ccccc2c2c(OC)cccc21)OCC. The molecule has 0 aliphatic rings. The van der Waals surface area contributed by atoms with Gasteiger partial charge >= 0.3 is 7.60 Å². The second-order valence-corrected chi connectivity index (χ2v) is 7.88. The third kappa shape index (κ3) is 3.45. The molecular formula is C19H24NO4P. The molecule has 1 aromatic heterocycles. The predicted molar refractivity (Wildman–Crippen MR) is 102 cm³/mol. The van der Waals surface area contributed by atoms with E-state index < -0.39 is 7.60 Å². The molecule has 5 nitrogen and oxygen atoms in total. The molecule has 0 aliphatic heterocycles. The summed E-state index contributed by atoms with van der Waals surface area (Å²) in [6, 6.07) is 14.2. The summed E-state index contributed by atoms with van der Waals surface area (Å²) in [5.74, 6) is 0.838. The summed E-state index contributed by atoms with van der Waals surface area (Å²) in [5.41, 5.74) is 2.14. The molecule has 0 saturated heterocycles. The van der Waals surface area contributed by atoms with Crippen molar-refractivity contribution in [2.24, 2.45) is 0 Å². The predicted octanol–water partition coefficient (Wildman–Crippen LogP) is 5.07. The fourth-order valence-electron chi connectivity index (χ4n) is 3.26. The van der Waals surface area contributed by atoms with Crippen LogP contribution in [0, 0.1) is 0 Å². The molecule has 3 aromatic rings. The number of aryl methyl sites for hydroxylation is 1. The van der Waals surface area contributed by atoms with Crippen LogP contribution < -0.4 is 4.74 Å². The number of hydrogen-bond acceptors (Lipinski definition) is 4. The summed E-state index contributed by atoms with van der Waals surface area (Å²) in [6.45, 7) is 4.96. The van der Waals surface area contributed by atoms with Crippen LogP contribution in [0.15, 0.2) is 42.5 Å². The van der Waals surface area contributed by atoms with E-state index in [0.29, 0.717) is 25.9 Å². The second-order valence-electron chi connectivity index (χ2n) is 5.69. The third-order valence-electron chi connectivity index (χ3n) is 4.23. The highest BCUT2D eigenvalue weighted by Gasteiger charge is 2.24. The van der Waals surface area contributed by atoms with E-state index in [4.69, 9.17) is 13.8 Å². The summed E-state index contributed by atoms with van der Waals surface area (Å²) < 4.78 is 31.4. The van der Waals surface area contributed by atoms with Crippen molar-refractivity contribution in [1.29, 1.82) is 0 Å². The van der Waals surface area contributed by atoms with Crippen molar-refractivity contribution < 1.29 is 18.3 Å². The van der Waals surface area contributed by atoms with Gasteiger partial charge in [-0.05, 0) is 32.0 Å².